The number of thiazole rings is 1. The summed E-state index contributed by atoms with van der Waals surface area (Å²) < 4.78 is 16.3. The zero-order valence-corrected chi connectivity index (χ0v) is 19.9. The average Bonchev–Trinajstić information content (AvgIpc) is 3.22. The molecule has 1 saturated carbocycles. The van der Waals surface area contributed by atoms with Crippen molar-refractivity contribution in [3.63, 3.8) is 0 Å². The summed E-state index contributed by atoms with van der Waals surface area (Å²) >= 11 is 1.56. The van der Waals surface area contributed by atoms with E-state index in [1.54, 1.807) is 18.4 Å². The van der Waals surface area contributed by atoms with Crippen LogP contribution in [0.2, 0.25) is 0 Å². The first-order valence-corrected chi connectivity index (χ1v) is 12.5. The Hall–Kier alpha value is -3.10. The van der Waals surface area contributed by atoms with Gasteiger partial charge in [0, 0.05) is 11.1 Å². The maximum absolute atomic E-state index is 13.3. The van der Waals surface area contributed by atoms with Crippen LogP contribution in [0, 0.1) is 0 Å². The van der Waals surface area contributed by atoms with Crippen LogP contribution in [0.25, 0.3) is 0 Å². The van der Waals surface area contributed by atoms with Crippen LogP contribution >= 0.6 is 11.3 Å². The summed E-state index contributed by atoms with van der Waals surface area (Å²) in [5.74, 6) is 2.28. The molecule has 1 aromatic heterocycles. The summed E-state index contributed by atoms with van der Waals surface area (Å²) in [4.78, 5) is 21.6. The van der Waals surface area contributed by atoms with Gasteiger partial charge in [0.15, 0.2) is 16.6 Å². The zero-order valence-electron chi connectivity index (χ0n) is 19.1. The van der Waals surface area contributed by atoms with E-state index in [1.165, 1.54) is 18.4 Å². The average molecular weight is 478 g/mol. The number of aromatic nitrogens is 1. The number of anilines is 1. The van der Waals surface area contributed by atoms with Gasteiger partial charge >= 0.3 is 0 Å². The van der Waals surface area contributed by atoms with Gasteiger partial charge in [-0.3, -0.25) is 9.69 Å². The third-order valence-corrected chi connectivity index (χ3v) is 8.03. The molecule has 2 aromatic carbocycles. The lowest BCUT2D eigenvalue weighted by Crippen LogP contribution is -2.27. The monoisotopic (exact) mass is 477 g/mol. The van der Waals surface area contributed by atoms with Crippen molar-refractivity contribution >= 4 is 22.4 Å². The van der Waals surface area contributed by atoms with Gasteiger partial charge in [-0.15, -0.1) is 0 Å². The number of ether oxygens (including phenoxy) is 3. The smallest absolute Gasteiger partial charge is 0.236 e. The molecule has 6 rings (SSSR count). The summed E-state index contributed by atoms with van der Waals surface area (Å²) in [6.45, 7) is 2.35. The van der Waals surface area contributed by atoms with Crippen molar-refractivity contribution in [3.8, 4) is 17.2 Å². The van der Waals surface area contributed by atoms with Gasteiger partial charge < -0.3 is 19.5 Å². The van der Waals surface area contributed by atoms with Crippen molar-refractivity contribution in [2.75, 3.05) is 32.3 Å². The lowest BCUT2D eigenvalue weighted by molar-refractivity contribution is -0.118. The Morgan fingerprint density at radius 1 is 1.12 bits per heavy atom. The zero-order chi connectivity index (χ0) is 23.1. The van der Waals surface area contributed by atoms with Crippen LogP contribution in [0.15, 0.2) is 48.7 Å². The van der Waals surface area contributed by atoms with E-state index >= 15 is 0 Å². The molecule has 1 saturated heterocycles. The molecule has 3 aromatic rings. The maximum Gasteiger partial charge on any atom is 0.236 e. The first-order chi connectivity index (χ1) is 16.7. The highest BCUT2D eigenvalue weighted by Crippen LogP contribution is 2.51. The second kappa shape index (κ2) is 8.60. The molecule has 1 atom stereocenters. The second-order valence-electron chi connectivity index (χ2n) is 9.09. The number of nitrogens with one attached hydrogen (secondary N) is 1. The van der Waals surface area contributed by atoms with Gasteiger partial charge in [0.25, 0.3) is 0 Å². The van der Waals surface area contributed by atoms with Gasteiger partial charge in [0.2, 0.25) is 12.7 Å². The topological polar surface area (TPSA) is 72.9 Å². The lowest BCUT2D eigenvalue weighted by Gasteiger charge is -2.26. The predicted molar refractivity (Wildman–Crippen MR) is 130 cm³/mol. The summed E-state index contributed by atoms with van der Waals surface area (Å²) in [6, 6.07) is 14.2. The number of amides is 1. The molecular formula is C26H27N3O4S. The summed E-state index contributed by atoms with van der Waals surface area (Å²) in [5, 5.41) is 3.75. The molecule has 2 aliphatic heterocycles. The largest absolute Gasteiger partial charge is 0.497 e. The maximum atomic E-state index is 13.3. The van der Waals surface area contributed by atoms with Gasteiger partial charge in [-0.1, -0.05) is 29.5 Å². The Kier molecular flexibility index (Phi) is 5.42. The highest BCUT2D eigenvalue weighted by Gasteiger charge is 2.52. The Balaban J connectivity index is 1.23. The van der Waals surface area contributed by atoms with E-state index in [0.717, 1.165) is 47.9 Å². The van der Waals surface area contributed by atoms with Crippen LogP contribution < -0.4 is 19.5 Å². The number of fused-ring (bicyclic) bond motifs is 1. The molecule has 1 amide bonds. The number of carbonyl (C=O) groups is 1. The van der Waals surface area contributed by atoms with Crippen LogP contribution in [0.3, 0.4) is 0 Å². The molecular weight excluding hydrogens is 450 g/mol. The van der Waals surface area contributed by atoms with E-state index in [1.807, 2.05) is 36.5 Å². The van der Waals surface area contributed by atoms with Crippen LogP contribution in [0.4, 0.5) is 5.13 Å². The third kappa shape index (κ3) is 3.80. The molecule has 0 bridgehead atoms. The number of benzene rings is 2. The minimum absolute atomic E-state index is 0.00515. The summed E-state index contributed by atoms with van der Waals surface area (Å²) in [5.41, 5.74) is 1.67. The lowest BCUT2D eigenvalue weighted by atomic mass is 9.94. The summed E-state index contributed by atoms with van der Waals surface area (Å²) in [7, 11) is 1.68. The molecule has 2 fully saturated rings. The fourth-order valence-electron chi connectivity index (χ4n) is 4.99. The van der Waals surface area contributed by atoms with Crippen molar-refractivity contribution in [1.82, 2.24) is 9.88 Å². The fourth-order valence-corrected chi connectivity index (χ4v) is 5.97. The summed E-state index contributed by atoms with van der Waals surface area (Å²) in [6.07, 6.45) is 5.95. The number of rotatable bonds is 7. The number of nitrogens with zero attached hydrogens (tertiary/aromatic N) is 2. The highest BCUT2D eigenvalue weighted by atomic mass is 32.1. The Labute approximate surface area is 202 Å². The minimum Gasteiger partial charge on any atom is -0.497 e. The van der Waals surface area contributed by atoms with E-state index in [4.69, 9.17) is 14.2 Å². The molecule has 176 valence electrons. The standard InChI is InChI=1S/C26H27N3O4S/c1-31-19-7-4-17(5-8-19)23(29-12-2-3-13-29)22-15-27-25(34-22)28-24(30)26(10-11-26)18-6-9-20-21(14-18)33-16-32-20/h4-9,14-15,23H,2-3,10-13,16H2,1H3,(H,27,28,30). The molecule has 8 heteroatoms. The minimum atomic E-state index is -0.517. The van der Waals surface area contributed by atoms with E-state index in [9.17, 15) is 4.79 Å². The Bertz CT molecular complexity index is 1200. The van der Waals surface area contributed by atoms with Crippen molar-refractivity contribution in [2.45, 2.75) is 37.1 Å². The van der Waals surface area contributed by atoms with Crippen molar-refractivity contribution in [3.05, 3.63) is 64.7 Å². The van der Waals surface area contributed by atoms with E-state index < -0.39 is 5.41 Å². The molecule has 3 aliphatic rings. The molecule has 1 unspecified atom stereocenters. The van der Waals surface area contributed by atoms with E-state index in [2.05, 4.69) is 27.3 Å². The van der Waals surface area contributed by atoms with Gasteiger partial charge in [-0.05, 0) is 74.2 Å². The molecule has 0 spiro atoms. The van der Waals surface area contributed by atoms with Crippen LogP contribution in [0.5, 0.6) is 17.2 Å². The number of likely N-dealkylation sites (tertiary alicyclic amines) is 1. The molecule has 3 heterocycles. The van der Waals surface area contributed by atoms with Gasteiger partial charge in [-0.25, -0.2) is 4.98 Å². The molecule has 1 N–H and O–H groups in total. The fraction of sp³-hybridized carbons (Fsp3) is 0.385. The first kappa shape index (κ1) is 21.4. The van der Waals surface area contributed by atoms with Crippen LogP contribution in [-0.4, -0.2) is 42.8 Å². The van der Waals surface area contributed by atoms with Crippen molar-refractivity contribution in [2.24, 2.45) is 0 Å². The number of hydrogen-bond acceptors (Lipinski definition) is 7. The molecule has 1 aliphatic carbocycles. The number of carbonyl (C=O) groups excluding carboxylic acids is 1. The quantitative estimate of drug-likeness (QED) is 0.530. The van der Waals surface area contributed by atoms with Crippen molar-refractivity contribution < 1.29 is 19.0 Å². The third-order valence-electron chi connectivity index (χ3n) is 7.06. The SMILES string of the molecule is COc1ccc(C(c2cnc(NC(=O)C3(c4ccc5c(c4)OCO5)CC3)s2)N2CCCC2)cc1. The van der Waals surface area contributed by atoms with Crippen LogP contribution in [0.1, 0.15) is 47.7 Å². The number of methoxy groups -OCH3 is 1. The van der Waals surface area contributed by atoms with Gasteiger partial charge in [-0.2, -0.15) is 0 Å². The van der Waals surface area contributed by atoms with Gasteiger partial charge in [0.05, 0.1) is 18.6 Å². The Morgan fingerprint density at radius 2 is 1.88 bits per heavy atom. The highest BCUT2D eigenvalue weighted by molar-refractivity contribution is 7.15. The van der Waals surface area contributed by atoms with Gasteiger partial charge in [0.1, 0.15) is 5.75 Å². The molecule has 0 radical (unpaired) electrons. The van der Waals surface area contributed by atoms with E-state index in [-0.39, 0.29) is 18.7 Å². The second-order valence-corrected chi connectivity index (χ2v) is 10.2. The van der Waals surface area contributed by atoms with Crippen molar-refractivity contribution in [1.29, 1.82) is 0 Å². The normalized spacial score (nSPS) is 19.1. The Morgan fingerprint density at radius 3 is 2.62 bits per heavy atom. The van der Waals surface area contributed by atoms with E-state index in [0.29, 0.717) is 10.9 Å². The molecule has 34 heavy (non-hydrogen) atoms. The first-order valence-electron chi connectivity index (χ1n) is 11.7. The predicted octanol–water partition coefficient (Wildman–Crippen LogP) is 4.74. The molecule has 7 nitrogen and oxygen atoms in total. The van der Waals surface area contributed by atoms with Crippen LogP contribution in [-0.2, 0) is 10.2 Å². The number of hydrogen-bond donors (Lipinski definition) is 1.